The lowest BCUT2D eigenvalue weighted by molar-refractivity contribution is -0.160. The van der Waals surface area contributed by atoms with Crippen molar-refractivity contribution in [2.75, 3.05) is 6.61 Å². The van der Waals surface area contributed by atoms with Gasteiger partial charge in [0.2, 0.25) is 0 Å². The third-order valence-corrected chi connectivity index (χ3v) is 2.98. The molecular weight excluding hydrogens is 192 g/mol. The molecule has 1 fully saturated rings. The summed E-state index contributed by atoms with van der Waals surface area (Å²) in [6.45, 7) is 6.28. The van der Waals surface area contributed by atoms with Crippen LogP contribution in [0.25, 0.3) is 0 Å². The molecule has 0 saturated heterocycles. The monoisotopic (exact) mass is 214 g/mol. The van der Waals surface area contributed by atoms with E-state index in [0.717, 1.165) is 18.8 Å². The fourth-order valence-electron chi connectivity index (χ4n) is 1.97. The summed E-state index contributed by atoms with van der Waals surface area (Å²) in [4.78, 5) is 11.3. The van der Waals surface area contributed by atoms with Crippen molar-refractivity contribution in [3.63, 3.8) is 0 Å². The van der Waals surface area contributed by atoms with Gasteiger partial charge in [0.05, 0.1) is 12.7 Å². The molecule has 0 aromatic rings. The number of rotatable bonds is 4. The number of hydrogen-bond donors (Lipinski definition) is 0. The van der Waals surface area contributed by atoms with E-state index in [9.17, 15) is 4.79 Å². The second-order valence-corrected chi connectivity index (χ2v) is 4.41. The van der Waals surface area contributed by atoms with E-state index in [1.807, 2.05) is 6.92 Å². The molecule has 0 aromatic heterocycles. The molecule has 0 aromatic carbocycles. The Bertz CT molecular complexity index is 195. The predicted octanol–water partition coefficient (Wildman–Crippen LogP) is 2.53. The average molecular weight is 214 g/mol. The minimum absolute atomic E-state index is 0.240. The van der Waals surface area contributed by atoms with Crippen molar-refractivity contribution in [2.24, 2.45) is 5.92 Å². The molecular formula is C12H22O3. The quantitative estimate of drug-likeness (QED) is 0.675. The van der Waals surface area contributed by atoms with Crippen LogP contribution >= 0.6 is 0 Å². The molecule has 1 aliphatic carbocycles. The summed E-state index contributed by atoms with van der Waals surface area (Å²) in [7, 11) is 0. The molecule has 0 bridgehead atoms. The van der Waals surface area contributed by atoms with Crippen LogP contribution in [0.5, 0.6) is 0 Å². The zero-order chi connectivity index (χ0) is 11.3. The Labute approximate surface area is 92.1 Å². The summed E-state index contributed by atoms with van der Waals surface area (Å²) in [5.74, 6) is 0.568. The summed E-state index contributed by atoms with van der Waals surface area (Å²) in [5, 5.41) is 0. The first kappa shape index (κ1) is 12.5. The maximum Gasteiger partial charge on any atom is 0.334 e. The normalized spacial score (nSPS) is 28.5. The molecule has 1 unspecified atom stereocenters. The molecule has 3 nitrogen and oxygen atoms in total. The van der Waals surface area contributed by atoms with E-state index in [0.29, 0.717) is 6.61 Å². The fourth-order valence-corrected chi connectivity index (χ4v) is 1.97. The standard InChI is InChI=1S/C12H22O3/c1-4-14-12(13)10(3)15-11-7-5-9(2)6-8-11/h9-11H,4-8H2,1-3H3. The molecule has 1 atom stereocenters. The van der Waals surface area contributed by atoms with Gasteiger partial charge in [-0.15, -0.1) is 0 Å². The second-order valence-electron chi connectivity index (χ2n) is 4.41. The Morgan fingerprint density at radius 2 is 1.93 bits per heavy atom. The van der Waals surface area contributed by atoms with Crippen LogP contribution in [-0.2, 0) is 14.3 Å². The Balaban J connectivity index is 2.25. The molecule has 0 radical (unpaired) electrons. The molecule has 0 aliphatic heterocycles. The average Bonchev–Trinajstić information content (AvgIpc) is 2.22. The maximum atomic E-state index is 11.3. The van der Waals surface area contributed by atoms with Crippen molar-refractivity contribution < 1.29 is 14.3 Å². The Morgan fingerprint density at radius 3 is 2.47 bits per heavy atom. The van der Waals surface area contributed by atoms with E-state index in [1.54, 1.807) is 6.92 Å². The number of hydrogen-bond acceptors (Lipinski definition) is 3. The van der Waals surface area contributed by atoms with Crippen LogP contribution < -0.4 is 0 Å². The Hall–Kier alpha value is -0.570. The summed E-state index contributed by atoms with van der Waals surface area (Å²) in [6.07, 6.45) is 4.40. The minimum atomic E-state index is -0.414. The second kappa shape index (κ2) is 6.11. The van der Waals surface area contributed by atoms with Gasteiger partial charge in [0.25, 0.3) is 0 Å². The lowest BCUT2D eigenvalue weighted by Gasteiger charge is -2.28. The third-order valence-electron chi connectivity index (χ3n) is 2.98. The third kappa shape index (κ3) is 4.20. The van der Waals surface area contributed by atoms with Crippen LogP contribution in [0.3, 0.4) is 0 Å². The van der Waals surface area contributed by atoms with Crippen LogP contribution in [0.15, 0.2) is 0 Å². The van der Waals surface area contributed by atoms with E-state index in [-0.39, 0.29) is 12.1 Å². The van der Waals surface area contributed by atoms with Gasteiger partial charge in [0, 0.05) is 0 Å². The zero-order valence-electron chi connectivity index (χ0n) is 9.99. The van der Waals surface area contributed by atoms with Crippen molar-refractivity contribution >= 4 is 5.97 Å². The van der Waals surface area contributed by atoms with Crippen molar-refractivity contribution in [1.82, 2.24) is 0 Å². The maximum absolute atomic E-state index is 11.3. The van der Waals surface area contributed by atoms with Gasteiger partial charge >= 0.3 is 5.97 Å². The molecule has 15 heavy (non-hydrogen) atoms. The van der Waals surface area contributed by atoms with Crippen LogP contribution in [0.1, 0.15) is 46.5 Å². The van der Waals surface area contributed by atoms with E-state index in [1.165, 1.54) is 12.8 Å². The number of esters is 1. The molecule has 3 heteroatoms. The SMILES string of the molecule is CCOC(=O)C(C)OC1CCC(C)CC1. The highest BCUT2D eigenvalue weighted by atomic mass is 16.6. The number of carbonyl (C=O) groups is 1. The highest BCUT2D eigenvalue weighted by Crippen LogP contribution is 2.26. The van der Waals surface area contributed by atoms with Crippen LogP contribution in [0.2, 0.25) is 0 Å². The summed E-state index contributed by atoms with van der Waals surface area (Å²) in [5.41, 5.74) is 0. The molecule has 1 rings (SSSR count). The first-order valence-electron chi connectivity index (χ1n) is 5.95. The van der Waals surface area contributed by atoms with E-state index < -0.39 is 6.10 Å². The van der Waals surface area contributed by atoms with Gasteiger partial charge in [0.15, 0.2) is 6.10 Å². The van der Waals surface area contributed by atoms with Crippen LogP contribution in [0.4, 0.5) is 0 Å². The topological polar surface area (TPSA) is 35.5 Å². The Kier molecular flexibility index (Phi) is 5.09. The first-order valence-corrected chi connectivity index (χ1v) is 5.95. The highest BCUT2D eigenvalue weighted by Gasteiger charge is 2.23. The summed E-state index contributed by atoms with van der Waals surface area (Å²) in [6, 6.07) is 0. The van der Waals surface area contributed by atoms with Gasteiger partial charge in [0.1, 0.15) is 0 Å². The van der Waals surface area contributed by atoms with Gasteiger partial charge in [-0.1, -0.05) is 6.92 Å². The van der Waals surface area contributed by atoms with Gasteiger partial charge in [-0.3, -0.25) is 0 Å². The summed E-state index contributed by atoms with van der Waals surface area (Å²) >= 11 is 0. The minimum Gasteiger partial charge on any atom is -0.464 e. The highest BCUT2D eigenvalue weighted by molar-refractivity contribution is 5.74. The van der Waals surface area contributed by atoms with Crippen molar-refractivity contribution in [1.29, 1.82) is 0 Å². The molecule has 88 valence electrons. The van der Waals surface area contributed by atoms with Crippen molar-refractivity contribution in [3.8, 4) is 0 Å². The largest absolute Gasteiger partial charge is 0.464 e. The fraction of sp³-hybridized carbons (Fsp3) is 0.917. The molecule has 0 amide bonds. The molecule has 1 aliphatic rings. The first-order chi connectivity index (χ1) is 7.13. The lowest BCUT2D eigenvalue weighted by Crippen LogP contribution is -2.30. The van der Waals surface area contributed by atoms with Crippen molar-refractivity contribution in [3.05, 3.63) is 0 Å². The van der Waals surface area contributed by atoms with Gasteiger partial charge in [-0.25, -0.2) is 4.79 Å². The van der Waals surface area contributed by atoms with Crippen LogP contribution in [-0.4, -0.2) is 24.8 Å². The predicted molar refractivity (Wildman–Crippen MR) is 58.6 cm³/mol. The number of ether oxygens (including phenoxy) is 2. The van der Waals surface area contributed by atoms with Gasteiger partial charge in [-0.2, -0.15) is 0 Å². The van der Waals surface area contributed by atoms with Gasteiger partial charge < -0.3 is 9.47 Å². The molecule has 0 heterocycles. The van der Waals surface area contributed by atoms with E-state index >= 15 is 0 Å². The zero-order valence-corrected chi connectivity index (χ0v) is 9.99. The van der Waals surface area contributed by atoms with Gasteiger partial charge in [-0.05, 0) is 45.4 Å². The van der Waals surface area contributed by atoms with Crippen LogP contribution in [0, 0.1) is 5.92 Å². The molecule has 0 spiro atoms. The van der Waals surface area contributed by atoms with Crippen molar-refractivity contribution in [2.45, 2.75) is 58.7 Å². The summed E-state index contributed by atoms with van der Waals surface area (Å²) < 4.78 is 10.6. The lowest BCUT2D eigenvalue weighted by atomic mass is 9.89. The number of carbonyl (C=O) groups excluding carboxylic acids is 1. The smallest absolute Gasteiger partial charge is 0.334 e. The Morgan fingerprint density at radius 1 is 1.33 bits per heavy atom. The molecule has 1 saturated carbocycles. The molecule has 0 N–H and O–H groups in total. The van der Waals surface area contributed by atoms with E-state index in [4.69, 9.17) is 9.47 Å². The van der Waals surface area contributed by atoms with E-state index in [2.05, 4.69) is 6.92 Å².